The fraction of sp³-hybridized carbons (Fsp3) is 0.647. The predicted molar refractivity (Wildman–Crippen MR) is 105 cm³/mol. The van der Waals surface area contributed by atoms with E-state index in [1.807, 2.05) is 0 Å². The SMILES string of the molecule is CC(C)(C)[Si](C)(C)O[C@H]1C[C@H](n2cnc3c(=O)[nH]c(N)nc32)O[C@]1(C=O)CO. The summed E-state index contributed by atoms with van der Waals surface area (Å²) >= 11 is 0. The van der Waals surface area contributed by atoms with Crippen LogP contribution in [0, 0.1) is 0 Å². The van der Waals surface area contributed by atoms with Crippen LogP contribution in [0.1, 0.15) is 33.4 Å². The lowest BCUT2D eigenvalue weighted by Gasteiger charge is -2.40. The van der Waals surface area contributed by atoms with Crippen LogP contribution in [0.3, 0.4) is 0 Å². The largest absolute Gasteiger partial charge is 0.410 e. The van der Waals surface area contributed by atoms with Gasteiger partial charge in [0.15, 0.2) is 31.4 Å². The van der Waals surface area contributed by atoms with Crippen molar-refractivity contribution >= 4 is 31.7 Å². The summed E-state index contributed by atoms with van der Waals surface area (Å²) in [7, 11) is -2.24. The van der Waals surface area contributed by atoms with Crippen molar-refractivity contribution in [3.8, 4) is 0 Å². The molecule has 28 heavy (non-hydrogen) atoms. The van der Waals surface area contributed by atoms with E-state index in [1.165, 1.54) is 6.33 Å². The van der Waals surface area contributed by atoms with Crippen molar-refractivity contribution in [3.05, 3.63) is 16.7 Å². The fourth-order valence-electron chi connectivity index (χ4n) is 3.04. The van der Waals surface area contributed by atoms with Gasteiger partial charge < -0.3 is 20.0 Å². The van der Waals surface area contributed by atoms with Crippen LogP contribution in [0.4, 0.5) is 5.95 Å². The van der Waals surface area contributed by atoms with Crippen molar-refractivity contribution in [1.29, 1.82) is 0 Å². The molecule has 0 aliphatic carbocycles. The van der Waals surface area contributed by atoms with Gasteiger partial charge in [0.1, 0.15) is 6.23 Å². The Labute approximate surface area is 163 Å². The van der Waals surface area contributed by atoms with Gasteiger partial charge in [-0.3, -0.25) is 19.1 Å². The van der Waals surface area contributed by atoms with E-state index in [9.17, 15) is 14.7 Å². The molecule has 1 fully saturated rings. The van der Waals surface area contributed by atoms with Gasteiger partial charge in [0.05, 0.1) is 19.0 Å². The zero-order chi connectivity index (χ0) is 20.9. The van der Waals surface area contributed by atoms with Gasteiger partial charge in [-0.1, -0.05) is 20.8 Å². The number of anilines is 1. The minimum absolute atomic E-state index is 0.0462. The maximum Gasteiger partial charge on any atom is 0.280 e. The summed E-state index contributed by atoms with van der Waals surface area (Å²) in [5.41, 5.74) is 4.06. The van der Waals surface area contributed by atoms with Crippen molar-refractivity contribution in [3.63, 3.8) is 0 Å². The van der Waals surface area contributed by atoms with Gasteiger partial charge in [0.2, 0.25) is 5.95 Å². The number of hydrogen-bond donors (Lipinski definition) is 3. The van der Waals surface area contributed by atoms with E-state index in [-0.39, 0.29) is 22.2 Å². The number of nitrogens with zero attached hydrogens (tertiary/aromatic N) is 3. The minimum atomic E-state index is -2.24. The number of H-pyrrole nitrogens is 1. The maximum absolute atomic E-state index is 12.0. The van der Waals surface area contributed by atoms with Crippen LogP contribution in [-0.4, -0.2) is 57.5 Å². The predicted octanol–water partition coefficient (Wildman–Crippen LogP) is 0.941. The normalized spacial score (nSPS) is 26.1. The van der Waals surface area contributed by atoms with Crippen molar-refractivity contribution < 1.29 is 19.1 Å². The molecule has 3 rings (SSSR count). The molecule has 0 unspecified atom stereocenters. The second-order valence-electron chi connectivity index (χ2n) is 8.68. The first kappa shape index (κ1) is 20.6. The molecule has 1 aliphatic heterocycles. The number of carbonyl (C=O) groups is 1. The summed E-state index contributed by atoms with van der Waals surface area (Å²) in [6.45, 7) is 9.90. The molecular formula is C17H27N5O5Si. The highest BCUT2D eigenvalue weighted by Crippen LogP contribution is 2.44. The van der Waals surface area contributed by atoms with Crippen LogP contribution in [0.2, 0.25) is 18.1 Å². The lowest BCUT2D eigenvalue weighted by Crippen LogP contribution is -2.53. The molecule has 0 bridgehead atoms. The highest BCUT2D eigenvalue weighted by Gasteiger charge is 2.53. The molecule has 154 valence electrons. The molecule has 3 atom stereocenters. The molecule has 0 saturated carbocycles. The van der Waals surface area contributed by atoms with Gasteiger partial charge in [-0.15, -0.1) is 0 Å². The molecule has 1 aliphatic rings. The van der Waals surface area contributed by atoms with E-state index < -0.39 is 38.4 Å². The van der Waals surface area contributed by atoms with Crippen molar-refractivity contribution in [2.24, 2.45) is 0 Å². The van der Waals surface area contributed by atoms with Crippen LogP contribution >= 0.6 is 0 Å². The monoisotopic (exact) mass is 409 g/mol. The van der Waals surface area contributed by atoms with E-state index in [0.717, 1.165) is 0 Å². The van der Waals surface area contributed by atoms with Crippen LogP contribution < -0.4 is 11.3 Å². The first-order valence-electron chi connectivity index (χ1n) is 9.09. The molecule has 1 saturated heterocycles. The van der Waals surface area contributed by atoms with Crippen molar-refractivity contribution in [2.45, 2.75) is 63.3 Å². The lowest BCUT2D eigenvalue weighted by atomic mass is 10.00. The maximum atomic E-state index is 12.0. The standard InChI is InChI=1S/C17H27N5O5Si/c1-16(2,3)28(4,5)27-10-6-11(26-17(10,7-23)8-24)22-9-19-12-13(22)20-15(18)21-14(12)25/h7,9-11,24H,6,8H2,1-5H3,(H3,18,20,21,25)/t10-,11+,17+/m0/s1. The Bertz CT molecular complexity index is 950. The Morgan fingerprint density at radius 2 is 2.21 bits per heavy atom. The summed E-state index contributed by atoms with van der Waals surface area (Å²) < 4.78 is 13.9. The fourth-order valence-corrected chi connectivity index (χ4v) is 4.40. The van der Waals surface area contributed by atoms with E-state index >= 15 is 0 Å². The Hall–Kier alpha value is -2.08. The number of hydrogen-bond acceptors (Lipinski definition) is 8. The molecule has 0 aromatic carbocycles. The molecule has 0 radical (unpaired) electrons. The van der Waals surface area contributed by atoms with Gasteiger partial charge in [-0.25, -0.2) is 4.98 Å². The zero-order valence-electron chi connectivity index (χ0n) is 16.7. The number of rotatable bonds is 5. The third kappa shape index (κ3) is 3.28. The highest BCUT2D eigenvalue weighted by molar-refractivity contribution is 6.74. The number of nitrogens with one attached hydrogen (secondary N) is 1. The van der Waals surface area contributed by atoms with E-state index in [1.54, 1.807) is 4.57 Å². The first-order valence-corrected chi connectivity index (χ1v) is 12.0. The summed E-state index contributed by atoms with van der Waals surface area (Å²) in [6.07, 6.45) is 0.978. The number of fused-ring (bicyclic) bond motifs is 1. The summed E-state index contributed by atoms with van der Waals surface area (Å²) in [4.78, 5) is 34.6. The smallest absolute Gasteiger partial charge is 0.280 e. The summed E-state index contributed by atoms with van der Waals surface area (Å²) in [5.74, 6) is -0.0462. The van der Waals surface area contributed by atoms with Crippen LogP contribution in [0.15, 0.2) is 11.1 Å². The van der Waals surface area contributed by atoms with Crippen LogP contribution in [0.5, 0.6) is 0 Å². The lowest BCUT2D eigenvalue weighted by molar-refractivity contribution is -0.150. The number of ether oxygens (including phenoxy) is 1. The van der Waals surface area contributed by atoms with E-state index in [2.05, 4.69) is 48.8 Å². The number of aliphatic hydroxyl groups excluding tert-OH is 1. The Kier molecular flexibility index (Phi) is 4.98. The second-order valence-corrected chi connectivity index (χ2v) is 13.4. The summed E-state index contributed by atoms with van der Waals surface area (Å²) in [5, 5.41) is 9.88. The Balaban J connectivity index is 2.00. The topological polar surface area (TPSA) is 145 Å². The minimum Gasteiger partial charge on any atom is -0.410 e. The number of nitrogens with two attached hydrogens (primary N) is 1. The number of aromatic amines is 1. The first-order chi connectivity index (χ1) is 12.9. The molecule has 3 heterocycles. The molecule has 0 amide bonds. The second kappa shape index (κ2) is 6.76. The van der Waals surface area contributed by atoms with Crippen LogP contribution in [-0.2, 0) is 14.0 Å². The number of aliphatic hydroxyl groups is 1. The van der Waals surface area contributed by atoms with E-state index in [0.29, 0.717) is 12.7 Å². The average molecular weight is 410 g/mol. The average Bonchev–Trinajstić information content (AvgIpc) is 3.15. The molecular weight excluding hydrogens is 382 g/mol. The molecule has 11 heteroatoms. The van der Waals surface area contributed by atoms with Gasteiger partial charge >= 0.3 is 0 Å². The van der Waals surface area contributed by atoms with Crippen molar-refractivity contribution in [1.82, 2.24) is 19.5 Å². The number of carbonyl (C=O) groups excluding carboxylic acids is 1. The zero-order valence-corrected chi connectivity index (χ0v) is 17.7. The van der Waals surface area contributed by atoms with Gasteiger partial charge in [0, 0.05) is 6.42 Å². The van der Waals surface area contributed by atoms with Gasteiger partial charge in [0.25, 0.3) is 5.56 Å². The number of nitrogen functional groups attached to an aromatic ring is 1. The molecule has 4 N–H and O–H groups in total. The Morgan fingerprint density at radius 1 is 1.54 bits per heavy atom. The van der Waals surface area contributed by atoms with Gasteiger partial charge in [-0.2, -0.15) is 4.98 Å². The van der Waals surface area contributed by atoms with Crippen molar-refractivity contribution in [2.75, 3.05) is 12.3 Å². The molecule has 10 nitrogen and oxygen atoms in total. The van der Waals surface area contributed by atoms with E-state index in [4.69, 9.17) is 14.9 Å². The van der Waals surface area contributed by atoms with Crippen LogP contribution in [0.25, 0.3) is 11.2 Å². The summed E-state index contributed by atoms with van der Waals surface area (Å²) in [6, 6.07) is 0. The molecule has 0 spiro atoms. The molecule has 2 aromatic rings. The van der Waals surface area contributed by atoms with Gasteiger partial charge in [-0.05, 0) is 18.1 Å². The molecule has 2 aromatic heterocycles. The number of aldehydes is 1. The third-order valence-electron chi connectivity index (χ3n) is 5.77. The third-order valence-corrected chi connectivity index (χ3v) is 10.3. The highest BCUT2D eigenvalue weighted by atomic mass is 28.4. The quantitative estimate of drug-likeness (QED) is 0.488. The number of imidazole rings is 1. The number of aromatic nitrogens is 4. The Morgan fingerprint density at radius 3 is 2.79 bits per heavy atom.